The molecule has 0 bridgehead atoms. The summed E-state index contributed by atoms with van der Waals surface area (Å²) in [6.07, 6.45) is 3.12. The molecule has 5 nitrogen and oxygen atoms in total. The van der Waals surface area contributed by atoms with Crippen LogP contribution in [-0.4, -0.2) is 24.1 Å². The average Bonchev–Trinajstić information content (AvgIpc) is 3.48. The first kappa shape index (κ1) is 19.3. The van der Waals surface area contributed by atoms with Crippen LogP contribution in [0.15, 0.2) is 116 Å². The van der Waals surface area contributed by atoms with Crippen LogP contribution in [-0.2, 0) is 0 Å². The lowest BCUT2D eigenvalue weighted by Crippen LogP contribution is -2.01. The van der Waals surface area contributed by atoms with Gasteiger partial charge in [-0.15, -0.1) is 0 Å². The van der Waals surface area contributed by atoms with Gasteiger partial charge in [-0.2, -0.15) is 0 Å². The number of hydrogen-bond donors (Lipinski definition) is 0. The van der Waals surface area contributed by atoms with E-state index in [4.69, 9.17) is 0 Å². The van der Waals surface area contributed by atoms with Crippen molar-refractivity contribution in [3.8, 4) is 11.6 Å². The molecule has 0 aliphatic carbocycles. The van der Waals surface area contributed by atoms with Gasteiger partial charge < -0.3 is 4.57 Å². The van der Waals surface area contributed by atoms with Gasteiger partial charge in [-0.05, 0) is 24.3 Å². The molecule has 0 saturated heterocycles. The lowest BCUT2D eigenvalue weighted by molar-refractivity contribution is 0.941. The zero-order chi connectivity index (χ0) is 23.6. The van der Waals surface area contributed by atoms with Crippen LogP contribution in [0, 0.1) is 0 Å². The summed E-state index contributed by atoms with van der Waals surface area (Å²) in [5.74, 6) is 0.618. The lowest BCUT2D eigenvalue weighted by Gasteiger charge is -2.12. The van der Waals surface area contributed by atoms with Crippen molar-refractivity contribution in [3.05, 3.63) is 116 Å². The fourth-order valence-electron chi connectivity index (χ4n) is 5.79. The Kier molecular flexibility index (Phi) is 3.88. The van der Waals surface area contributed by atoms with Crippen molar-refractivity contribution in [2.24, 2.45) is 0 Å². The van der Waals surface area contributed by atoms with Gasteiger partial charge >= 0.3 is 0 Å². The minimum Gasteiger partial charge on any atom is -0.309 e. The number of rotatable bonds is 2. The molecule has 168 valence electrons. The largest absolute Gasteiger partial charge is 0.309 e. The Balaban J connectivity index is 1.75. The minimum absolute atomic E-state index is 0.618. The van der Waals surface area contributed by atoms with E-state index in [1.54, 1.807) is 12.7 Å². The maximum atomic E-state index is 4.56. The predicted octanol–water partition coefficient (Wildman–Crippen LogP) is 7.22. The molecule has 0 aliphatic heterocycles. The van der Waals surface area contributed by atoms with E-state index in [9.17, 15) is 0 Å². The van der Waals surface area contributed by atoms with Crippen molar-refractivity contribution in [3.63, 3.8) is 0 Å². The second-order valence-corrected chi connectivity index (χ2v) is 8.97. The molecule has 3 aromatic heterocycles. The van der Waals surface area contributed by atoms with Crippen molar-refractivity contribution in [2.75, 3.05) is 0 Å². The van der Waals surface area contributed by atoms with Crippen LogP contribution in [0.25, 0.3) is 66.0 Å². The minimum atomic E-state index is 0.618. The summed E-state index contributed by atoms with van der Waals surface area (Å²) in [5, 5.41) is 7.22. The quantitative estimate of drug-likeness (QED) is 0.273. The third-order valence-corrected chi connectivity index (χ3v) is 7.13. The highest BCUT2D eigenvalue weighted by atomic mass is 15.2. The molecule has 5 aromatic carbocycles. The van der Waals surface area contributed by atoms with Crippen LogP contribution >= 0.6 is 0 Å². The Labute approximate surface area is 205 Å². The smallest absolute Gasteiger partial charge is 0.237 e. The summed E-state index contributed by atoms with van der Waals surface area (Å²) in [5.41, 5.74) is 5.74. The molecule has 0 radical (unpaired) electrons. The fraction of sp³-hybridized carbons (Fsp3) is 0. The van der Waals surface area contributed by atoms with Crippen LogP contribution in [0.1, 0.15) is 0 Å². The van der Waals surface area contributed by atoms with Crippen molar-refractivity contribution < 1.29 is 0 Å². The molecule has 0 amide bonds. The monoisotopic (exact) mass is 461 g/mol. The summed E-state index contributed by atoms with van der Waals surface area (Å²) in [6.45, 7) is 0. The van der Waals surface area contributed by atoms with Gasteiger partial charge in [0.05, 0.1) is 22.1 Å². The molecule has 0 fully saturated rings. The van der Waals surface area contributed by atoms with Gasteiger partial charge in [-0.3, -0.25) is 4.57 Å². The van der Waals surface area contributed by atoms with E-state index in [2.05, 4.69) is 127 Å². The summed E-state index contributed by atoms with van der Waals surface area (Å²) in [7, 11) is 0. The van der Waals surface area contributed by atoms with Crippen molar-refractivity contribution in [2.45, 2.75) is 0 Å². The summed E-state index contributed by atoms with van der Waals surface area (Å²) < 4.78 is 4.59. The van der Waals surface area contributed by atoms with Gasteiger partial charge in [0.15, 0.2) is 0 Å². The van der Waals surface area contributed by atoms with Crippen LogP contribution in [0.5, 0.6) is 0 Å². The number of para-hydroxylation sites is 3. The highest BCUT2D eigenvalue weighted by Crippen LogP contribution is 2.46. The van der Waals surface area contributed by atoms with Gasteiger partial charge in [-0.1, -0.05) is 78.9 Å². The van der Waals surface area contributed by atoms with E-state index in [1.807, 2.05) is 0 Å². The molecule has 8 aromatic rings. The van der Waals surface area contributed by atoms with Gasteiger partial charge in [0.25, 0.3) is 0 Å². The van der Waals surface area contributed by atoms with Crippen molar-refractivity contribution in [1.29, 1.82) is 0 Å². The molecule has 5 heteroatoms. The Morgan fingerprint density at radius 2 is 0.917 bits per heavy atom. The van der Waals surface area contributed by atoms with Crippen molar-refractivity contribution in [1.82, 2.24) is 24.1 Å². The first-order chi connectivity index (χ1) is 17.9. The van der Waals surface area contributed by atoms with Crippen molar-refractivity contribution >= 4 is 54.4 Å². The summed E-state index contributed by atoms with van der Waals surface area (Å²) in [4.78, 5) is 13.2. The predicted molar refractivity (Wildman–Crippen MR) is 146 cm³/mol. The fourth-order valence-corrected chi connectivity index (χ4v) is 5.79. The van der Waals surface area contributed by atoms with E-state index in [0.29, 0.717) is 5.95 Å². The number of benzene rings is 5. The SMILES string of the molecule is c1ccc(-n2c3ccccc3c3c4c5ccccc5n(-c5ncncn5)c4c4ccccc4c32)cc1. The number of nitrogens with zero attached hydrogens (tertiary/aromatic N) is 5. The van der Waals surface area contributed by atoms with E-state index in [-0.39, 0.29) is 0 Å². The first-order valence-corrected chi connectivity index (χ1v) is 12.0. The number of hydrogen-bond acceptors (Lipinski definition) is 3. The van der Waals surface area contributed by atoms with Gasteiger partial charge in [0.1, 0.15) is 12.7 Å². The van der Waals surface area contributed by atoms with Gasteiger partial charge in [0.2, 0.25) is 5.95 Å². The molecular formula is C31H19N5. The number of fused-ring (bicyclic) bond motifs is 10. The van der Waals surface area contributed by atoms with Crippen LogP contribution < -0.4 is 0 Å². The topological polar surface area (TPSA) is 48.5 Å². The van der Waals surface area contributed by atoms with Crippen LogP contribution in [0.3, 0.4) is 0 Å². The molecule has 0 unspecified atom stereocenters. The molecule has 0 atom stereocenters. The third-order valence-electron chi connectivity index (χ3n) is 7.13. The Hall–Kier alpha value is -5.03. The molecule has 0 N–H and O–H groups in total. The standard InChI is InChI=1S/C31H19N5/c1-2-10-20(11-3-1)35-25-16-8-6-14-23(25)27-28-24-15-7-9-17-26(24)36(31-33-18-32-19-34-31)30(28)22-13-5-4-12-21(22)29(27)35/h1-19H. The molecular weight excluding hydrogens is 442 g/mol. The Morgan fingerprint density at radius 3 is 1.53 bits per heavy atom. The highest BCUT2D eigenvalue weighted by molar-refractivity contribution is 6.37. The van der Waals surface area contributed by atoms with Gasteiger partial charge in [0, 0.05) is 38.0 Å². The second-order valence-electron chi connectivity index (χ2n) is 8.97. The summed E-state index contributed by atoms with van der Waals surface area (Å²) >= 11 is 0. The number of aromatic nitrogens is 5. The average molecular weight is 462 g/mol. The molecule has 0 spiro atoms. The molecule has 0 saturated carbocycles. The first-order valence-electron chi connectivity index (χ1n) is 12.0. The molecule has 3 heterocycles. The maximum Gasteiger partial charge on any atom is 0.237 e. The van der Waals surface area contributed by atoms with E-state index in [0.717, 1.165) is 22.1 Å². The zero-order valence-corrected chi connectivity index (χ0v) is 19.2. The Bertz CT molecular complexity index is 1930. The Morgan fingerprint density at radius 1 is 0.444 bits per heavy atom. The lowest BCUT2D eigenvalue weighted by atomic mass is 9.99. The van der Waals surface area contributed by atoms with E-state index < -0.39 is 0 Å². The van der Waals surface area contributed by atoms with Crippen LogP contribution in [0.4, 0.5) is 0 Å². The maximum absolute atomic E-state index is 4.56. The summed E-state index contributed by atoms with van der Waals surface area (Å²) in [6, 6.07) is 36.5. The third kappa shape index (κ3) is 2.46. The second kappa shape index (κ2) is 7.23. The van der Waals surface area contributed by atoms with Crippen LogP contribution in [0.2, 0.25) is 0 Å². The molecule has 8 rings (SSSR count). The zero-order valence-electron chi connectivity index (χ0n) is 19.2. The van der Waals surface area contributed by atoms with E-state index >= 15 is 0 Å². The van der Waals surface area contributed by atoms with E-state index in [1.165, 1.54) is 38.0 Å². The normalized spacial score (nSPS) is 11.9. The highest BCUT2D eigenvalue weighted by Gasteiger charge is 2.24. The molecule has 36 heavy (non-hydrogen) atoms. The molecule has 0 aliphatic rings. The van der Waals surface area contributed by atoms with Gasteiger partial charge in [-0.25, -0.2) is 15.0 Å².